The first kappa shape index (κ1) is 17.9. The monoisotopic (exact) mass is 263 g/mol. The maximum absolute atomic E-state index is 10.4. The third-order valence-electron chi connectivity index (χ3n) is 1.26. The van der Waals surface area contributed by atoms with Gasteiger partial charge in [0.25, 0.3) is 10.5 Å². The second-order valence-electron chi connectivity index (χ2n) is 2.35. The SMILES string of the molecule is NC(=O)S.O=C(S)NN1CCOCC1.[H-].[Na+]. The summed E-state index contributed by atoms with van der Waals surface area (Å²) in [4.78, 5) is 19.5. The average Bonchev–Trinajstić information content (AvgIpc) is 2.03. The molecule has 0 spiro atoms. The van der Waals surface area contributed by atoms with E-state index in [0.717, 1.165) is 13.1 Å². The normalized spacial score (nSPS) is 15.3. The number of thiol groups is 2. The number of nitrogens with two attached hydrogens (primary N) is 1. The van der Waals surface area contributed by atoms with E-state index in [2.05, 4.69) is 36.4 Å². The van der Waals surface area contributed by atoms with Crippen LogP contribution < -0.4 is 40.7 Å². The molecular formula is C6H14N3NaO3S2. The minimum atomic E-state index is -0.639. The Balaban J connectivity index is -0.000000249. The number of amides is 2. The Hall–Kier alpha value is 0.560. The zero-order chi connectivity index (χ0) is 11.0. The van der Waals surface area contributed by atoms with Crippen LogP contribution in [0.2, 0.25) is 0 Å². The summed E-state index contributed by atoms with van der Waals surface area (Å²) < 4.78 is 5.06. The van der Waals surface area contributed by atoms with Crippen molar-refractivity contribution in [3.63, 3.8) is 0 Å². The van der Waals surface area contributed by atoms with Crippen molar-refractivity contribution in [2.24, 2.45) is 5.73 Å². The first-order valence-electron chi connectivity index (χ1n) is 3.83. The van der Waals surface area contributed by atoms with Crippen molar-refractivity contribution in [3.05, 3.63) is 0 Å². The number of hydrogen-bond donors (Lipinski definition) is 4. The van der Waals surface area contributed by atoms with Gasteiger partial charge >= 0.3 is 29.6 Å². The maximum Gasteiger partial charge on any atom is 1.00 e. The van der Waals surface area contributed by atoms with Crippen LogP contribution in [0.25, 0.3) is 0 Å². The minimum absolute atomic E-state index is 0. The van der Waals surface area contributed by atoms with Crippen LogP contribution in [0.3, 0.4) is 0 Å². The number of hydrazine groups is 1. The molecule has 0 aliphatic carbocycles. The molecule has 9 heteroatoms. The summed E-state index contributed by atoms with van der Waals surface area (Å²) in [6.07, 6.45) is 0. The van der Waals surface area contributed by atoms with Crippen molar-refractivity contribution >= 4 is 35.7 Å². The zero-order valence-corrected chi connectivity index (χ0v) is 12.3. The van der Waals surface area contributed by atoms with Gasteiger partial charge in [0.05, 0.1) is 13.2 Å². The number of rotatable bonds is 1. The summed E-state index contributed by atoms with van der Waals surface area (Å²) >= 11 is 6.68. The molecule has 0 bridgehead atoms. The Morgan fingerprint density at radius 1 is 1.33 bits per heavy atom. The molecule has 1 saturated heterocycles. The number of morpholine rings is 1. The standard InChI is InChI=1S/C5H10N2O2S.CH3NOS.Na.H/c8-5(10)6-7-1-3-9-4-2-7;2-1(3)4;;/h1-4H2,(H2,6,8,10);(H3,2,3,4);;/q;;+1;-1. The molecule has 15 heavy (non-hydrogen) atoms. The van der Waals surface area contributed by atoms with Gasteiger partial charge in [0.2, 0.25) is 0 Å². The number of primary amides is 1. The largest absolute Gasteiger partial charge is 1.00 e. The Labute approximate surface area is 123 Å². The van der Waals surface area contributed by atoms with Crippen molar-refractivity contribution < 1.29 is 45.3 Å². The van der Waals surface area contributed by atoms with E-state index in [-0.39, 0.29) is 36.2 Å². The fraction of sp³-hybridized carbons (Fsp3) is 0.667. The molecular weight excluding hydrogens is 249 g/mol. The second kappa shape index (κ2) is 11.1. The van der Waals surface area contributed by atoms with E-state index in [1.165, 1.54) is 0 Å². The average molecular weight is 263 g/mol. The van der Waals surface area contributed by atoms with Crippen LogP contribution in [0, 0.1) is 0 Å². The predicted octanol–water partition coefficient (Wildman–Crippen LogP) is -3.02. The van der Waals surface area contributed by atoms with Gasteiger partial charge in [0.1, 0.15) is 0 Å². The Kier molecular flexibility index (Phi) is 13.2. The number of ether oxygens (including phenoxy) is 1. The molecule has 3 N–H and O–H groups in total. The molecule has 1 rings (SSSR count). The van der Waals surface area contributed by atoms with E-state index >= 15 is 0 Å². The van der Waals surface area contributed by atoms with Crippen molar-refractivity contribution in [2.45, 2.75) is 0 Å². The first-order chi connectivity index (χ1) is 6.52. The minimum Gasteiger partial charge on any atom is -1.00 e. The fourth-order valence-corrected chi connectivity index (χ4v) is 0.952. The molecule has 0 aromatic rings. The quantitative estimate of drug-likeness (QED) is 0.300. The Morgan fingerprint density at radius 3 is 2.07 bits per heavy atom. The molecule has 1 heterocycles. The fourth-order valence-electron chi connectivity index (χ4n) is 0.810. The van der Waals surface area contributed by atoms with Crippen LogP contribution in [0.15, 0.2) is 0 Å². The molecule has 0 unspecified atom stereocenters. The van der Waals surface area contributed by atoms with Crippen molar-refractivity contribution in [3.8, 4) is 0 Å². The van der Waals surface area contributed by atoms with Crippen molar-refractivity contribution in [1.29, 1.82) is 0 Å². The van der Waals surface area contributed by atoms with E-state index < -0.39 is 5.24 Å². The molecule has 0 saturated carbocycles. The summed E-state index contributed by atoms with van der Waals surface area (Å²) in [5.74, 6) is 0. The number of carbonyl (C=O) groups excluding carboxylic acids is 2. The van der Waals surface area contributed by atoms with Crippen molar-refractivity contribution in [2.75, 3.05) is 26.3 Å². The van der Waals surface area contributed by atoms with Crippen LogP contribution >= 0.6 is 25.3 Å². The summed E-state index contributed by atoms with van der Waals surface area (Å²) in [6, 6.07) is 0. The van der Waals surface area contributed by atoms with Gasteiger partial charge in [-0.25, -0.2) is 5.01 Å². The molecule has 84 valence electrons. The van der Waals surface area contributed by atoms with E-state index in [1.54, 1.807) is 5.01 Å². The topological polar surface area (TPSA) is 84.7 Å². The van der Waals surface area contributed by atoms with Gasteiger partial charge in [0.15, 0.2) is 0 Å². The van der Waals surface area contributed by atoms with Crippen LogP contribution in [0.1, 0.15) is 1.43 Å². The molecule has 0 aromatic heterocycles. The zero-order valence-electron chi connectivity index (χ0n) is 9.47. The Bertz CT molecular complexity index is 203. The van der Waals surface area contributed by atoms with Gasteiger partial charge in [0, 0.05) is 13.1 Å². The molecule has 1 aliphatic rings. The van der Waals surface area contributed by atoms with Gasteiger partial charge in [-0.3, -0.25) is 15.0 Å². The molecule has 1 aliphatic heterocycles. The summed E-state index contributed by atoms with van der Waals surface area (Å²) in [5.41, 5.74) is 6.90. The summed E-state index contributed by atoms with van der Waals surface area (Å²) in [6.45, 7) is 2.83. The summed E-state index contributed by atoms with van der Waals surface area (Å²) in [5, 5.41) is 0.834. The third-order valence-corrected chi connectivity index (χ3v) is 1.36. The Morgan fingerprint density at radius 2 is 1.73 bits per heavy atom. The van der Waals surface area contributed by atoms with E-state index in [9.17, 15) is 4.79 Å². The van der Waals surface area contributed by atoms with Crippen LogP contribution in [0.4, 0.5) is 9.59 Å². The van der Waals surface area contributed by atoms with E-state index in [1.807, 2.05) is 0 Å². The number of nitrogens with zero attached hydrogens (tertiary/aromatic N) is 1. The summed E-state index contributed by atoms with van der Waals surface area (Å²) in [7, 11) is 0. The molecule has 1 fully saturated rings. The van der Waals surface area contributed by atoms with Gasteiger partial charge < -0.3 is 11.9 Å². The van der Waals surface area contributed by atoms with Gasteiger partial charge in [-0.1, -0.05) is 25.3 Å². The predicted molar refractivity (Wildman–Crippen MR) is 59.6 cm³/mol. The van der Waals surface area contributed by atoms with Crippen LogP contribution in [0.5, 0.6) is 0 Å². The van der Waals surface area contributed by atoms with Crippen molar-refractivity contribution in [1.82, 2.24) is 10.4 Å². The number of carbonyl (C=O) groups is 2. The number of nitrogens with one attached hydrogen (secondary N) is 1. The van der Waals surface area contributed by atoms with Gasteiger partial charge in [-0.2, -0.15) is 0 Å². The molecule has 2 amide bonds. The molecule has 6 nitrogen and oxygen atoms in total. The first-order valence-corrected chi connectivity index (χ1v) is 4.72. The van der Waals surface area contributed by atoms with E-state index in [4.69, 9.17) is 9.53 Å². The maximum atomic E-state index is 10.4. The smallest absolute Gasteiger partial charge is 1.00 e. The third kappa shape index (κ3) is 14.6. The second-order valence-corrected chi connectivity index (χ2v) is 3.20. The van der Waals surface area contributed by atoms with Crippen LogP contribution in [-0.2, 0) is 4.74 Å². The van der Waals surface area contributed by atoms with Crippen LogP contribution in [-0.4, -0.2) is 41.8 Å². The number of hydrogen-bond acceptors (Lipinski definition) is 4. The van der Waals surface area contributed by atoms with Gasteiger partial charge in [-0.15, -0.1) is 0 Å². The van der Waals surface area contributed by atoms with Gasteiger partial charge in [-0.05, 0) is 0 Å². The van der Waals surface area contributed by atoms with E-state index in [0.29, 0.717) is 13.2 Å². The molecule has 0 aromatic carbocycles. The molecule has 0 atom stereocenters. The molecule has 0 radical (unpaired) electrons.